The molecule has 5 aromatic rings. The fourth-order valence-electron chi connectivity index (χ4n) is 4.41. The van der Waals surface area contributed by atoms with Crippen molar-refractivity contribution >= 4 is 22.3 Å². The number of rotatable bonds is 4. The summed E-state index contributed by atoms with van der Waals surface area (Å²) in [6.07, 6.45) is 0. The van der Waals surface area contributed by atoms with Crippen LogP contribution in [0.3, 0.4) is 0 Å². The molecule has 0 fully saturated rings. The van der Waals surface area contributed by atoms with Crippen LogP contribution in [0.4, 0.5) is 5.82 Å². The van der Waals surface area contributed by atoms with Gasteiger partial charge in [-0.2, -0.15) is 0 Å². The lowest BCUT2D eigenvalue weighted by Crippen LogP contribution is -2.25. The van der Waals surface area contributed by atoms with Crippen LogP contribution < -0.4 is 10.6 Å². The van der Waals surface area contributed by atoms with E-state index in [4.69, 9.17) is 10.1 Å². The highest BCUT2D eigenvalue weighted by atomic mass is 15.3. The zero-order valence-corrected chi connectivity index (χ0v) is 17.3. The zero-order chi connectivity index (χ0) is 21.4. The van der Waals surface area contributed by atoms with E-state index in [0.29, 0.717) is 5.82 Å². The number of nitrogens with zero attached hydrogens (tertiary/aromatic N) is 3. The lowest BCUT2D eigenvalue weighted by molar-refractivity contribution is 0.581. The first-order valence-electron chi connectivity index (χ1n) is 10.6. The third-order valence-electron chi connectivity index (χ3n) is 5.86. The fraction of sp³-hybridized carbons (Fsp3) is 0.0357. The molecule has 32 heavy (non-hydrogen) atoms. The van der Waals surface area contributed by atoms with Gasteiger partial charge in [0, 0.05) is 27.3 Å². The molecule has 0 saturated heterocycles. The Morgan fingerprint density at radius 3 is 2.19 bits per heavy atom. The smallest absolute Gasteiger partial charge is 0.223 e. The summed E-state index contributed by atoms with van der Waals surface area (Å²) in [7, 11) is 0. The Hall–Kier alpha value is -4.31. The average molecular weight is 412 g/mol. The Bertz CT molecular complexity index is 1530. The molecule has 0 saturated carbocycles. The Labute approximate surface area is 185 Å². The fourth-order valence-corrected chi connectivity index (χ4v) is 4.41. The standard InChI is InChI=1S/C28H20N4/c1-3-11-20(12-4-1)27-23-16-8-10-18-25(23)30-28(27,22-14-5-2-6-15-22)32-31-26-19-21-13-7-9-17-24(21)29-26/h1-19,29H. The predicted octanol–water partition coefficient (Wildman–Crippen LogP) is 5.64. The van der Waals surface area contributed by atoms with E-state index < -0.39 is 5.66 Å². The highest BCUT2D eigenvalue weighted by molar-refractivity contribution is 5.83. The van der Waals surface area contributed by atoms with Crippen LogP contribution in [-0.2, 0) is 5.66 Å². The maximum Gasteiger partial charge on any atom is 0.223 e. The van der Waals surface area contributed by atoms with Crippen molar-refractivity contribution in [3.63, 3.8) is 0 Å². The maximum atomic E-state index is 5.17. The third-order valence-corrected chi connectivity index (χ3v) is 5.86. The van der Waals surface area contributed by atoms with Gasteiger partial charge in [0.05, 0.1) is 5.36 Å². The van der Waals surface area contributed by atoms with Crippen LogP contribution in [0, 0.1) is 0 Å². The van der Waals surface area contributed by atoms with Gasteiger partial charge in [0.25, 0.3) is 0 Å². The molecule has 0 spiro atoms. The van der Waals surface area contributed by atoms with Gasteiger partial charge in [-0.15, -0.1) is 10.2 Å². The van der Waals surface area contributed by atoms with Crippen LogP contribution in [0.25, 0.3) is 16.5 Å². The molecular weight excluding hydrogens is 392 g/mol. The van der Waals surface area contributed by atoms with Gasteiger partial charge in [-0.1, -0.05) is 97.1 Å². The van der Waals surface area contributed by atoms with Crippen molar-refractivity contribution in [3.05, 3.63) is 137 Å². The summed E-state index contributed by atoms with van der Waals surface area (Å²) in [5, 5.41) is 12.8. The van der Waals surface area contributed by atoms with E-state index in [9.17, 15) is 0 Å². The molecule has 1 atom stereocenters. The van der Waals surface area contributed by atoms with Crippen LogP contribution in [0.5, 0.6) is 0 Å². The molecular formula is C28H20N4. The lowest BCUT2D eigenvalue weighted by atomic mass is 9.87. The highest BCUT2D eigenvalue weighted by Crippen LogP contribution is 2.41. The number of aromatic nitrogens is 1. The summed E-state index contributed by atoms with van der Waals surface area (Å²) in [4.78, 5) is 8.52. The van der Waals surface area contributed by atoms with Crippen LogP contribution in [0.2, 0.25) is 0 Å². The second-order valence-electron chi connectivity index (χ2n) is 7.85. The molecule has 1 aromatic heterocycles. The van der Waals surface area contributed by atoms with E-state index in [0.717, 1.165) is 38.2 Å². The second kappa shape index (κ2) is 7.43. The maximum absolute atomic E-state index is 5.17. The topological polar surface area (TPSA) is 52.9 Å². The van der Waals surface area contributed by atoms with E-state index >= 15 is 0 Å². The SMILES string of the molecule is c1ccc(C2=c3ccccc3=NC2(N=Nc2cc3ccccc3[nH]2)c2ccccc2)cc1. The van der Waals surface area contributed by atoms with Gasteiger partial charge in [-0.3, -0.25) is 0 Å². The predicted molar refractivity (Wildman–Crippen MR) is 127 cm³/mol. The second-order valence-corrected chi connectivity index (χ2v) is 7.85. The van der Waals surface area contributed by atoms with Gasteiger partial charge in [-0.05, 0) is 23.8 Å². The van der Waals surface area contributed by atoms with E-state index in [2.05, 4.69) is 46.5 Å². The molecule has 152 valence electrons. The number of nitrogens with one attached hydrogen (secondary N) is 1. The average Bonchev–Trinajstić information content (AvgIpc) is 3.43. The van der Waals surface area contributed by atoms with Crippen molar-refractivity contribution in [2.45, 2.75) is 5.66 Å². The number of benzene rings is 4. The Morgan fingerprint density at radius 2 is 1.38 bits per heavy atom. The van der Waals surface area contributed by atoms with Gasteiger partial charge in [0.15, 0.2) is 5.82 Å². The number of para-hydroxylation sites is 2. The molecule has 4 heteroatoms. The summed E-state index contributed by atoms with van der Waals surface area (Å²) < 4.78 is 0. The first-order chi connectivity index (χ1) is 15.8. The molecule has 2 heterocycles. The molecule has 0 amide bonds. The third kappa shape index (κ3) is 2.96. The van der Waals surface area contributed by atoms with Gasteiger partial charge >= 0.3 is 0 Å². The quantitative estimate of drug-likeness (QED) is 0.372. The van der Waals surface area contributed by atoms with Gasteiger partial charge < -0.3 is 4.98 Å². The Morgan fingerprint density at radius 1 is 0.688 bits per heavy atom. The van der Waals surface area contributed by atoms with E-state index in [1.165, 1.54) is 0 Å². The van der Waals surface area contributed by atoms with Crippen molar-refractivity contribution in [1.82, 2.24) is 4.98 Å². The zero-order valence-electron chi connectivity index (χ0n) is 17.3. The summed E-state index contributed by atoms with van der Waals surface area (Å²) >= 11 is 0. The van der Waals surface area contributed by atoms with Crippen molar-refractivity contribution < 1.29 is 0 Å². The monoisotopic (exact) mass is 412 g/mol. The van der Waals surface area contributed by atoms with Crippen LogP contribution in [0.15, 0.2) is 130 Å². The number of H-pyrrole nitrogens is 1. The number of hydrogen-bond acceptors (Lipinski definition) is 3. The first kappa shape index (κ1) is 18.5. The lowest BCUT2D eigenvalue weighted by Gasteiger charge is -2.25. The van der Waals surface area contributed by atoms with Crippen LogP contribution in [0.1, 0.15) is 11.1 Å². The minimum Gasteiger partial charge on any atom is -0.338 e. The molecule has 1 N–H and O–H groups in total. The van der Waals surface area contributed by atoms with Crippen LogP contribution >= 0.6 is 0 Å². The van der Waals surface area contributed by atoms with Gasteiger partial charge in [-0.25, -0.2) is 4.99 Å². The normalized spacial score (nSPS) is 17.6. The summed E-state index contributed by atoms with van der Waals surface area (Å²) in [6.45, 7) is 0. The molecule has 1 unspecified atom stereocenters. The van der Waals surface area contributed by atoms with Crippen LogP contribution in [-0.4, -0.2) is 4.98 Å². The summed E-state index contributed by atoms with van der Waals surface area (Å²) in [5.74, 6) is 0.708. The number of hydrogen-bond donors (Lipinski definition) is 1. The molecule has 1 aliphatic rings. The minimum absolute atomic E-state index is 0.708. The van der Waals surface area contributed by atoms with E-state index in [1.54, 1.807) is 0 Å². The van der Waals surface area contributed by atoms with Gasteiger partial charge in [0.1, 0.15) is 0 Å². The van der Waals surface area contributed by atoms with Crippen molar-refractivity contribution in [2.75, 3.05) is 0 Å². The van der Waals surface area contributed by atoms with Crippen molar-refractivity contribution in [2.24, 2.45) is 15.2 Å². The van der Waals surface area contributed by atoms with Crippen molar-refractivity contribution in [1.29, 1.82) is 0 Å². The van der Waals surface area contributed by atoms with Gasteiger partial charge in [0.2, 0.25) is 5.66 Å². The number of fused-ring (bicyclic) bond motifs is 2. The molecule has 4 aromatic carbocycles. The summed E-state index contributed by atoms with van der Waals surface area (Å²) in [6, 6.07) is 38.9. The Balaban J connectivity index is 1.62. The Kier molecular flexibility index (Phi) is 4.29. The molecule has 0 aliphatic carbocycles. The minimum atomic E-state index is -0.969. The van der Waals surface area contributed by atoms with E-state index in [1.807, 2.05) is 78.9 Å². The molecule has 1 aliphatic heterocycles. The summed E-state index contributed by atoms with van der Waals surface area (Å²) in [5.41, 5.74) is 3.17. The molecule has 0 bridgehead atoms. The van der Waals surface area contributed by atoms with E-state index in [-0.39, 0.29) is 0 Å². The largest absolute Gasteiger partial charge is 0.338 e. The number of azo groups is 1. The first-order valence-corrected chi connectivity index (χ1v) is 10.6. The molecule has 0 radical (unpaired) electrons. The van der Waals surface area contributed by atoms with Crippen molar-refractivity contribution in [3.8, 4) is 0 Å². The molecule has 6 rings (SSSR count). The highest BCUT2D eigenvalue weighted by Gasteiger charge is 2.40. The molecule has 4 nitrogen and oxygen atoms in total. The number of aromatic amines is 1.